The third-order valence-electron chi connectivity index (χ3n) is 3.34. The fourth-order valence-corrected chi connectivity index (χ4v) is 3.54. The summed E-state index contributed by atoms with van der Waals surface area (Å²) < 4.78 is 26.8. The summed E-state index contributed by atoms with van der Waals surface area (Å²) in [6.07, 6.45) is 1.54. The van der Waals surface area contributed by atoms with E-state index in [-0.39, 0.29) is 29.1 Å². The van der Waals surface area contributed by atoms with Crippen LogP contribution in [-0.2, 0) is 14.8 Å². The average Bonchev–Trinajstić information content (AvgIpc) is 3.27. The molecule has 0 bridgehead atoms. The van der Waals surface area contributed by atoms with Crippen molar-refractivity contribution in [2.24, 2.45) is 0 Å². The van der Waals surface area contributed by atoms with Crippen LogP contribution in [0.1, 0.15) is 37.0 Å². The molecule has 1 saturated carbocycles. The number of nitrogens with zero attached hydrogens (tertiary/aromatic N) is 1. The molecular formula is C15H20N2O5S. The van der Waals surface area contributed by atoms with Crippen LogP contribution in [0.15, 0.2) is 29.2 Å². The van der Waals surface area contributed by atoms with Gasteiger partial charge < -0.3 is 10.0 Å². The van der Waals surface area contributed by atoms with Gasteiger partial charge in [-0.3, -0.25) is 9.59 Å². The highest BCUT2D eigenvalue weighted by Crippen LogP contribution is 2.28. The Bertz CT molecular complexity index is 710. The van der Waals surface area contributed by atoms with Crippen LogP contribution in [0.4, 0.5) is 0 Å². The third-order valence-corrected chi connectivity index (χ3v) is 4.99. The van der Waals surface area contributed by atoms with Crippen LogP contribution in [0.5, 0.6) is 0 Å². The lowest BCUT2D eigenvalue weighted by Crippen LogP contribution is -2.37. The number of hydrogen-bond donors (Lipinski definition) is 2. The van der Waals surface area contributed by atoms with Gasteiger partial charge in [-0.25, -0.2) is 13.1 Å². The first-order valence-electron chi connectivity index (χ1n) is 7.36. The molecule has 1 aliphatic carbocycles. The van der Waals surface area contributed by atoms with Crippen LogP contribution >= 0.6 is 0 Å². The van der Waals surface area contributed by atoms with E-state index in [1.807, 2.05) is 0 Å². The van der Waals surface area contributed by atoms with Crippen LogP contribution in [0.25, 0.3) is 0 Å². The lowest BCUT2D eigenvalue weighted by atomic mass is 10.2. The van der Waals surface area contributed by atoms with Gasteiger partial charge in [-0.2, -0.15) is 0 Å². The van der Waals surface area contributed by atoms with Crippen molar-refractivity contribution in [1.29, 1.82) is 0 Å². The number of carboxylic acids is 1. The second-order valence-electron chi connectivity index (χ2n) is 5.86. The van der Waals surface area contributed by atoms with E-state index in [0.29, 0.717) is 0 Å². The highest BCUT2D eigenvalue weighted by atomic mass is 32.2. The predicted molar refractivity (Wildman–Crippen MR) is 83.6 cm³/mol. The Morgan fingerprint density at radius 1 is 1.35 bits per heavy atom. The van der Waals surface area contributed by atoms with Gasteiger partial charge in [-0.1, -0.05) is 6.07 Å². The zero-order chi connectivity index (χ0) is 17.2. The van der Waals surface area contributed by atoms with Gasteiger partial charge in [0.25, 0.3) is 5.91 Å². The molecule has 23 heavy (non-hydrogen) atoms. The number of carbonyl (C=O) groups is 2. The van der Waals surface area contributed by atoms with Crippen molar-refractivity contribution < 1.29 is 23.1 Å². The van der Waals surface area contributed by atoms with E-state index < -0.39 is 21.9 Å². The fourth-order valence-electron chi connectivity index (χ4n) is 2.24. The fraction of sp³-hybridized carbons (Fsp3) is 0.467. The van der Waals surface area contributed by atoms with Gasteiger partial charge in [-0.05, 0) is 44.9 Å². The Morgan fingerprint density at radius 3 is 2.52 bits per heavy atom. The lowest BCUT2D eigenvalue weighted by molar-refractivity contribution is -0.137. The SMILES string of the molecule is CC(C)NS(=O)(=O)c1cccc(C(=O)N(CC(=O)O)C2CC2)c1. The van der Waals surface area contributed by atoms with Gasteiger partial charge in [0.2, 0.25) is 10.0 Å². The van der Waals surface area contributed by atoms with Crippen LogP contribution in [0.2, 0.25) is 0 Å². The van der Waals surface area contributed by atoms with Crippen LogP contribution in [0.3, 0.4) is 0 Å². The van der Waals surface area contributed by atoms with Crippen molar-refractivity contribution in [2.45, 2.75) is 43.7 Å². The minimum Gasteiger partial charge on any atom is -0.480 e. The smallest absolute Gasteiger partial charge is 0.323 e. The topological polar surface area (TPSA) is 104 Å². The normalized spacial score (nSPS) is 14.7. The molecule has 126 valence electrons. The van der Waals surface area contributed by atoms with Crippen molar-refractivity contribution in [3.05, 3.63) is 29.8 Å². The molecule has 0 heterocycles. The van der Waals surface area contributed by atoms with Crippen molar-refractivity contribution in [1.82, 2.24) is 9.62 Å². The second kappa shape index (κ2) is 6.67. The number of aliphatic carboxylic acids is 1. The van der Waals surface area contributed by atoms with Crippen molar-refractivity contribution in [3.63, 3.8) is 0 Å². The molecule has 1 fully saturated rings. The van der Waals surface area contributed by atoms with Crippen molar-refractivity contribution in [2.75, 3.05) is 6.54 Å². The van der Waals surface area contributed by atoms with Gasteiger partial charge in [0.1, 0.15) is 6.54 Å². The standard InChI is InChI=1S/C15H20N2O5S/c1-10(2)16-23(21,22)13-5-3-4-11(8-13)15(20)17(9-14(18)19)12-6-7-12/h3-5,8,10,12,16H,6-7,9H2,1-2H3,(H,18,19). The molecule has 0 atom stereocenters. The molecule has 7 nitrogen and oxygen atoms in total. The third kappa shape index (κ3) is 4.52. The van der Waals surface area contributed by atoms with Crippen LogP contribution in [-0.4, -0.2) is 48.9 Å². The Morgan fingerprint density at radius 2 is 2.00 bits per heavy atom. The Balaban J connectivity index is 2.28. The second-order valence-corrected chi connectivity index (χ2v) is 7.58. The first kappa shape index (κ1) is 17.4. The number of amides is 1. The van der Waals surface area contributed by atoms with Crippen molar-refractivity contribution >= 4 is 21.9 Å². The van der Waals surface area contributed by atoms with Gasteiger partial charge in [0, 0.05) is 17.6 Å². The molecule has 0 unspecified atom stereocenters. The summed E-state index contributed by atoms with van der Waals surface area (Å²) in [5.41, 5.74) is 0.171. The van der Waals surface area contributed by atoms with E-state index in [1.54, 1.807) is 13.8 Å². The number of carboxylic acid groups (broad SMARTS) is 1. The molecule has 0 saturated heterocycles. The zero-order valence-corrected chi connectivity index (χ0v) is 13.8. The molecular weight excluding hydrogens is 320 g/mol. The molecule has 2 rings (SSSR count). The maximum Gasteiger partial charge on any atom is 0.323 e. The largest absolute Gasteiger partial charge is 0.480 e. The number of sulfonamides is 1. The van der Waals surface area contributed by atoms with Gasteiger partial charge in [-0.15, -0.1) is 0 Å². The molecule has 0 aliphatic heterocycles. The maximum absolute atomic E-state index is 12.5. The molecule has 8 heteroatoms. The molecule has 0 aromatic heterocycles. The summed E-state index contributed by atoms with van der Waals surface area (Å²) in [5, 5.41) is 8.94. The first-order valence-corrected chi connectivity index (χ1v) is 8.84. The van der Waals surface area contributed by atoms with Crippen LogP contribution in [0, 0.1) is 0 Å². The van der Waals surface area contributed by atoms with Crippen molar-refractivity contribution in [3.8, 4) is 0 Å². The van der Waals surface area contributed by atoms with E-state index >= 15 is 0 Å². The number of nitrogens with one attached hydrogen (secondary N) is 1. The minimum absolute atomic E-state index is 0.0110. The number of benzene rings is 1. The monoisotopic (exact) mass is 340 g/mol. The summed E-state index contributed by atoms with van der Waals surface area (Å²) in [4.78, 5) is 24.7. The van der Waals surface area contributed by atoms with E-state index in [1.165, 1.54) is 29.2 Å². The quantitative estimate of drug-likeness (QED) is 0.772. The maximum atomic E-state index is 12.5. The van der Waals surface area contributed by atoms with E-state index in [0.717, 1.165) is 12.8 Å². The number of hydrogen-bond acceptors (Lipinski definition) is 4. The summed E-state index contributed by atoms with van der Waals surface area (Å²) >= 11 is 0. The number of carbonyl (C=O) groups excluding carboxylic acids is 1. The summed E-state index contributed by atoms with van der Waals surface area (Å²) in [6.45, 7) is 3.02. The number of rotatable bonds is 7. The summed E-state index contributed by atoms with van der Waals surface area (Å²) in [7, 11) is -3.71. The Labute approximate surface area is 135 Å². The molecule has 1 aromatic carbocycles. The molecule has 1 aromatic rings. The summed E-state index contributed by atoms with van der Waals surface area (Å²) in [5.74, 6) is -1.55. The summed E-state index contributed by atoms with van der Waals surface area (Å²) in [6, 6.07) is 5.31. The molecule has 0 radical (unpaired) electrons. The minimum atomic E-state index is -3.71. The average molecular weight is 340 g/mol. The van der Waals surface area contributed by atoms with E-state index in [9.17, 15) is 18.0 Å². The van der Waals surface area contributed by atoms with E-state index in [2.05, 4.69) is 4.72 Å². The van der Waals surface area contributed by atoms with Gasteiger partial charge >= 0.3 is 5.97 Å². The van der Waals surface area contributed by atoms with Gasteiger partial charge in [0.05, 0.1) is 4.90 Å². The van der Waals surface area contributed by atoms with Crippen LogP contribution < -0.4 is 4.72 Å². The highest BCUT2D eigenvalue weighted by molar-refractivity contribution is 7.89. The molecule has 1 aliphatic rings. The van der Waals surface area contributed by atoms with Gasteiger partial charge in [0.15, 0.2) is 0 Å². The van der Waals surface area contributed by atoms with E-state index in [4.69, 9.17) is 5.11 Å². The highest BCUT2D eigenvalue weighted by Gasteiger charge is 2.34. The molecule has 1 amide bonds. The zero-order valence-electron chi connectivity index (χ0n) is 13.0. The Kier molecular flexibility index (Phi) is 5.06. The Hall–Kier alpha value is -1.93. The predicted octanol–water partition coefficient (Wildman–Crippen LogP) is 1.06. The first-order chi connectivity index (χ1) is 10.7. The molecule has 0 spiro atoms. The molecule has 2 N–H and O–H groups in total. The lowest BCUT2D eigenvalue weighted by Gasteiger charge is -2.20.